The summed E-state index contributed by atoms with van der Waals surface area (Å²) in [4.78, 5) is 4.35. The van der Waals surface area contributed by atoms with Gasteiger partial charge in [-0.25, -0.2) is 17.8 Å². The van der Waals surface area contributed by atoms with E-state index in [2.05, 4.69) is 9.71 Å². The molecule has 136 valence electrons. The highest BCUT2D eigenvalue weighted by Gasteiger charge is 2.27. The van der Waals surface area contributed by atoms with Gasteiger partial charge in [0.25, 0.3) is 0 Å². The van der Waals surface area contributed by atoms with E-state index in [4.69, 9.17) is 0 Å². The molecule has 7 heteroatoms. The Balaban J connectivity index is 2.07. The quantitative estimate of drug-likeness (QED) is 0.747. The minimum absolute atomic E-state index is 0.135. The van der Waals surface area contributed by atoms with E-state index < -0.39 is 21.9 Å². The first-order chi connectivity index (χ1) is 12.3. The van der Waals surface area contributed by atoms with Crippen molar-refractivity contribution in [3.05, 3.63) is 83.2 Å². The van der Waals surface area contributed by atoms with Crippen molar-refractivity contribution < 1.29 is 12.8 Å². The van der Waals surface area contributed by atoms with Gasteiger partial charge in [0.05, 0.1) is 4.90 Å². The number of nitrogens with one attached hydrogen (secondary N) is 1. The van der Waals surface area contributed by atoms with Crippen LogP contribution in [0.25, 0.3) is 0 Å². The highest BCUT2D eigenvalue weighted by atomic mass is 32.2. The van der Waals surface area contributed by atoms with E-state index in [1.165, 1.54) is 6.07 Å². The van der Waals surface area contributed by atoms with Crippen LogP contribution in [0.5, 0.6) is 0 Å². The first-order valence-electron chi connectivity index (χ1n) is 8.11. The molecular weight excluding hydrogens is 353 g/mol. The molecule has 3 aromatic rings. The molecule has 0 radical (unpaired) electrons. The summed E-state index contributed by atoms with van der Waals surface area (Å²) in [5, 5.41) is 0. The van der Waals surface area contributed by atoms with Crippen LogP contribution >= 0.6 is 0 Å². The summed E-state index contributed by atoms with van der Waals surface area (Å²) in [5.41, 5.74) is 2.08. The summed E-state index contributed by atoms with van der Waals surface area (Å²) < 4.78 is 44.5. The molecule has 1 heterocycles. The second-order valence-corrected chi connectivity index (χ2v) is 7.93. The number of aromatic nitrogens is 2. The molecule has 26 heavy (non-hydrogen) atoms. The van der Waals surface area contributed by atoms with Crippen molar-refractivity contribution in [2.75, 3.05) is 0 Å². The van der Waals surface area contributed by atoms with Crippen molar-refractivity contribution in [3.8, 4) is 0 Å². The lowest BCUT2D eigenvalue weighted by molar-refractivity contribution is 0.545. The van der Waals surface area contributed by atoms with Gasteiger partial charge in [-0.2, -0.15) is 4.72 Å². The monoisotopic (exact) mass is 373 g/mol. The molecule has 1 N–H and O–H groups in total. The van der Waals surface area contributed by atoms with Crippen LogP contribution in [0, 0.1) is 19.7 Å². The smallest absolute Gasteiger partial charge is 0.241 e. The molecule has 1 atom stereocenters. The number of halogens is 1. The predicted molar refractivity (Wildman–Crippen MR) is 97.7 cm³/mol. The van der Waals surface area contributed by atoms with Crippen molar-refractivity contribution in [2.45, 2.75) is 24.8 Å². The molecule has 0 bridgehead atoms. The van der Waals surface area contributed by atoms with Gasteiger partial charge in [-0.15, -0.1) is 0 Å². The standard InChI is InChI=1S/C19H20FN3O2S/c1-13-8-9-15(12-14(13)2)26(24,25)22-18(19-21-10-11-23(19)3)16-6-4-5-7-17(16)20/h4-12,18,22H,1-3H3. The molecule has 5 nitrogen and oxygen atoms in total. The normalized spacial score (nSPS) is 12.9. The Kier molecular flexibility index (Phi) is 4.93. The molecule has 0 amide bonds. The maximum absolute atomic E-state index is 14.4. The van der Waals surface area contributed by atoms with E-state index in [9.17, 15) is 12.8 Å². The number of rotatable bonds is 5. The van der Waals surface area contributed by atoms with Crippen LogP contribution in [0.15, 0.2) is 59.8 Å². The molecule has 1 unspecified atom stereocenters. The van der Waals surface area contributed by atoms with E-state index >= 15 is 0 Å². The molecule has 0 aliphatic rings. The van der Waals surface area contributed by atoms with Gasteiger partial charge in [-0.1, -0.05) is 24.3 Å². The Morgan fingerprint density at radius 3 is 2.46 bits per heavy atom. The minimum Gasteiger partial charge on any atom is -0.336 e. The summed E-state index contributed by atoms with van der Waals surface area (Å²) in [6.45, 7) is 3.76. The summed E-state index contributed by atoms with van der Waals surface area (Å²) in [5.74, 6) is -0.0919. The number of imidazole rings is 1. The molecular formula is C19H20FN3O2S. The Labute approximate surface area is 152 Å². The fraction of sp³-hybridized carbons (Fsp3) is 0.211. The highest BCUT2D eigenvalue weighted by molar-refractivity contribution is 7.89. The lowest BCUT2D eigenvalue weighted by Gasteiger charge is -2.20. The van der Waals surface area contributed by atoms with E-state index in [1.807, 2.05) is 13.8 Å². The minimum atomic E-state index is -3.88. The van der Waals surface area contributed by atoms with Crippen LogP contribution in [0.4, 0.5) is 4.39 Å². The molecule has 3 rings (SSSR count). The van der Waals surface area contributed by atoms with E-state index in [1.54, 1.807) is 60.4 Å². The van der Waals surface area contributed by atoms with Gasteiger partial charge in [0.2, 0.25) is 10.0 Å². The first kappa shape index (κ1) is 18.3. The van der Waals surface area contributed by atoms with Crippen LogP contribution < -0.4 is 4.72 Å². The number of hydrogen-bond acceptors (Lipinski definition) is 3. The molecule has 0 aliphatic carbocycles. The zero-order valence-electron chi connectivity index (χ0n) is 14.8. The van der Waals surface area contributed by atoms with Crippen molar-refractivity contribution >= 4 is 10.0 Å². The second-order valence-electron chi connectivity index (χ2n) is 6.22. The van der Waals surface area contributed by atoms with Crippen molar-refractivity contribution in [1.82, 2.24) is 14.3 Å². The van der Waals surface area contributed by atoms with Gasteiger partial charge < -0.3 is 4.57 Å². The third kappa shape index (κ3) is 3.54. The first-order valence-corrected chi connectivity index (χ1v) is 9.59. The lowest BCUT2D eigenvalue weighted by atomic mass is 10.1. The van der Waals surface area contributed by atoms with E-state index in [0.29, 0.717) is 5.82 Å². The Morgan fingerprint density at radius 2 is 1.85 bits per heavy atom. The predicted octanol–water partition coefficient (Wildman–Crippen LogP) is 3.24. The Morgan fingerprint density at radius 1 is 1.12 bits per heavy atom. The summed E-state index contributed by atoms with van der Waals surface area (Å²) in [6, 6.07) is 10.0. The van der Waals surface area contributed by atoms with Gasteiger partial charge >= 0.3 is 0 Å². The van der Waals surface area contributed by atoms with Crippen LogP contribution in [0.3, 0.4) is 0 Å². The number of hydrogen-bond donors (Lipinski definition) is 1. The van der Waals surface area contributed by atoms with Gasteiger partial charge in [-0.05, 0) is 43.2 Å². The molecule has 2 aromatic carbocycles. The van der Waals surface area contributed by atoms with Crippen LogP contribution in [-0.4, -0.2) is 18.0 Å². The van der Waals surface area contributed by atoms with Crippen LogP contribution in [0.2, 0.25) is 0 Å². The third-order valence-corrected chi connectivity index (χ3v) is 5.82. The average molecular weight is 373 g/mol. The maximum atomic E-state index is 14.4. The summed E-state index contributed by atoms with van der Waals surface area (Å²) >= 11 is 0. The maximum Gasteiger partial charge on any atom is 0.241 e. The third-order valence-electron chi connectivity index (χ3n) is 4.39. The van der Waals surface area contributed by atoms with Gasteiger partial charge in [0, 0.05) is 25.0 Å². The molecule has 0 saturated heterocycles. The lowest BCUT2D eigenvalue weighted by Crippen LogP contribution is -2.31. The summed E-state index contributed by atoms with van der Waals surface area (Å²) in [6.07, 6.45) is 3.24. The second kappa shape index (κ2) is 7.01. The fourth-order valence-corrected chi connectivity index (χ4v) is 3.98. The largest absolute Gasteiger partial charge is 0.336 e. The van der Waals surface area contributed by atoms with Crippen molar-refractivity contribution in [1.29, 1.82) is 0 Å². The topological polar surface area (TPSA) is 64.0 Å². The van der Waals surface area contributed by atoms with Gasteiger partial charge in [-0.3, -0.25) is 0 Å². The molecule has 0 spiro atoms. The Hall–Kier alpha value is -2.51. The molecule has 1 aromatic heterocycles. The zero-order chi connectivity index (χ0) is 18.9. The molecule has 0 aliphatic heterocycles. The molecule has 0 saturated carbocycles. The van der Waals surface area contributed by atoms with Crippen LogP contribution in [-0.2, 0) is 17.1 Å². The zero-order valence-corrected chi connectivity index (χ0v) is 15.6. The van der Waals surface area contributed by atoms with E-state index in [-0.39, 0.29) is 10.5 Å². The van der Waals surface area contributed by atoms with Gasteiger partial charge in [0.15, 0.2) is 0 Å². The van der Waals surface area contributed by atoms with Crippen molar-refractivity contribution in [3.63, 3.8) is 0 Å². The SMILES string of the molecule is Cc1ccc(S(=O)(=O)NC(c2ccccc2F)c2nccn2C)cc1C. The highest BCUT2D eigenvalue weighted by Crippen LogP contribution is 2.26. The van der Waals surface area contributed by atoms with Gasteiger partial charge in [0.1, 0.15) is 17.7 Å². The number of benzene rings is 2. The Bertz CT molecular complexity index is 1040. The fourth-order valence-electron chi connectivity index (χ4n) is 2.72. The van der Waals surface area contributed by atoms with Crippen molar-refractivity contribution in [2.24, 2.45) is 7.05 Å². The number of aryl methyl sites for hydroxylation is 3. The number of sulfonamides is 1. The van der Waals surface area contributed by atoms with E-state index in [0.717, 1.165) is 11.1 Å². The molecule has 0 fully saturated rings. The number of nitrogens with zero attached hydrogens (tertiary/aromatic N) is 2. The average Bonchev–Trinajstić information content (AvgIpc) is 3.02. The summed E-state index contributed by atoms with van der Waals surface area (Å²) in [7, 11) is -2.14. The van der Waals surface area contributed by atoms with Crippen LogP contribution in [0.1, 0.15) is 28.6 Å².